The molecule has 1 aliphatic heterocycles. The van der Waals surface area contributed by atoms with Crippen molar-refractivity contribution in [3.05, 3.63) is 26.7 Å². The summed E-state index contributed by atoms with van der Waals surface area (Å²) in [7, 11) is 0. The minimum absolute atomic E-state index is 0.288. The lowest BCUT2D eigenvalue weighted by molar-refractivity contribution is 0.104. The molecule has 0 spiro atoms. The van der Waals surface area contributed by atoms with Crippen LogP contribution < -0.4 is 11.2 Å². The Hall–Kier alpha value is -1.89. The molecule has 3 N–H and O–H groups in total. The summed E-state index contributed by atoms with van der Waals surface area (Å²) in [6, 6.07) is 0. The normalized spacial score (nSPS) is 19.7. The fourth-order valence-electron chi connectivity index (χ4n) is 2.27. The first-order chi connectivity index (χ1) is 8.72. The summed E-state index contributed by atoms with van der Waals surface area (Å²) in [5, 5.41) is 0. The van der Waals surface area contributed by atoms with Crippen molar-refractivity contribution in [1.29, 1.82) is 0 Å². The molecule has 2 aromatic heterocycles. The van der Waals surface area contributed by atoms with E-state index in [0.29, 0.717) is 23.4 Å². The molecule has 1 atom stereocenters. The van der Waals surface area contributed by atoms with Crippen molar-refractivity contribution >= 4 is 11.2 Å². The quantitative estimate of drug-likeness (QED) is 0.716. The number of fused-ring (bicyclic) bond motifs is 1. The van der Waals surface area contributed by atoms with Crippen molar-refractivity contribution in [3.63, 3.8) is 0 Å². The van der Waals surface area contributed by atoms with Gasteiger partial charge in [-0.3, -0.25) is 14.8 Å². The SMILES string of the molecule is O=c1[nH]c(=O)c2[nH]c(CCC3CCCO3)nc2[nH]1. The number of nitrogens with zero attached hydrogens (tertiary/aromatic N) is 1. The molecule has 7 heteroatoms. The summed E-state index contributed by atoms with van der Waals surface area (Å²) in [4.78, 5) is 34.4. The number of ether oxygens (including phenoxy) is 1. The van der Waals surface area contributed by atoms with Crippen molar-refractivity contribution in [1.82, 2.24) is 19.9 Å². The largest absolute Gasteiger partial charge is 0.378 e. The van der Waals surface area contributed by atoms with Gasteiger partial charge >= 0.3 is 5.69 Å². The van der Waals surface area contributed by atoms with Gasteiger partial charge in [-0.05, 0) is 19.3 Å². The van der Waals surface area contributed by atoms with E-state index in [-0.39, 0.29) is 6.10 Å². The van der Waals surface area contributed by atoms with Crippen LogP contribution in [0, 0.1) is 0 Å². The van der Waals surface area contributed by atoms with Gasteiger partial charge in [0, 0.05) is 13.0 Å². The predicted molar refractivity (Wildman–Crippen MR) is 64.6 cm³/mol. The van der Waals surface area contributed by atoms with E-state index >= 15 is 0 Å². The van der Waals surface area contributed by atoms with Gasteiger partial charge in [0.2, 0.25) is 0 Å². The third-order valence-corrected chi connectivity index (χ3v) is 3.17. The summed E-state index contributed by atoms with van der Waals surface area (Å²) < 4.78 is 5.52. The van der Waals surface area contributed by atoms with Gasteiger partial charge in [-0.1, -0.05) is 0 Å². The maximum absolute atomic E-state index is 11.5. The zero-order chi connectivity index (χ0) is 12.5. The molecular formula is C11H14N4O3. The van der Waals surface area contributed by atoms with E-state index in [2.05, 4.69) is 19.9 Å². The summed E-state index contributed by atoms with van der Waals surface area (Å²) >= 11 is 0. The second-order valence-corrected chi connectivity index (χ2v) is 4.49. The maximum Gasteiger partial charge on any atom is 0.327 e. The number of aromatic amines is 3. The molecule has 0 aliphatic carbocycles. The molecule has 0 aromatic carbocycles. The first-order valence-electron chi connectivity index (χ1n) is 6.05. The van der Waals surface area contributed by atoms with E-state index in [1.165, 1.54) is 0 Å². The highest BCUT2D eigenvalue weighted by molar-refractivity contribution is 5.68. The highest BCUT2D eigenvalue weighted by atomic mass is 16.5. The summed E-state index contributed by atoms with van der Waals surface area (Å²) in [6.07, 6.45) is 4.06. The number of H-pyrrole nitrogens is 3. The van der Waals surface area contributed by atoms with E-state index in [0.717, 1.165) is 25.9 Å². The minimum atomic E-state index is -0.537. The zero-order valence-corrected chi connectivity index (χ0v) is 9.78. The number of hydrogen-bond donors (Lipinski definition) is 3. The molecule has 3 heterocycles. The van der Waals surface area contributed by atoms with Crippen LogP contribution in [0.25, 0.3) is 11.2 Å². The number of imidazole rings is 1. The first kappa shape index (κ1) is 11.2. The first-order valence-corrected chi connectivity index (χ1v) is 6.05. The average molecular weight is 250 g/mol. The van der Waals surface area contributed by atoms with Gasteiger partial charge in [0.15, 0.2) is 5.65 Å². The highest BCUT2D eigenvalue weighted by Gasteiger charge is 2.16. The van der Waals surface area contributed by atoms with Gasteiger partial charge in [-0.25, -0.2) is 9.78 Å². The van der Waals surface area contributed by atoms with Crippen molar-refractivity contribution in [2.45, 2.75) is 31.8 Å². The number of aromatic nitrogens is 4. The Bertz CT molecular complexity index is 663. The monoisotopic (exact) mass is 250 g/mol. The molecule has 7 nitrogen and oxygen atoms in total. The molecular weight excluding hydrogens is 236 g/mol. The number of nitrogens with one attached hydrogen (secondary N) is 3. The van der Waals surface area contributed by atoms with Crippen molar-refractivity contribution in [2.24, 2.45) is 0 Å². The molecule has 18 heavy (non-hydrogen) atoms. The van der Waals surface area contributed by atoms with Gasteiger partial charge in [0.1, 0.15) is 11.3 Å². The summed E-state index contributed by atoms with van der Waals surface area (Å²) in [5.41, 5.74) is -0.350. The lowest BCUT2D eigenvalue weighted by Gasteiger charge is -2.06. The molecule has 2 aromatic rings. The van der Waals surface area contributed by atoms with Crippen LogP contribution in [0.1, 0.15) is 25.1 Å². The third-order valence-electron chi connectivity index (χ3n) is 3.17. The molecule has 96 valence electrons. The molecule has 3 rings (SSSR count). The van der Waals surface area contributed by atoms with E-state index in [4.69, 9.17) is 4.74 Å². The predicted octanol–water partition coefficient (Wildman–Crippen LogP) is 0.0511. The van der Waals surface area contributed by atoms with Crippen molar-refractivity contribution in [2.75, 3.05) is 6.61 Å². The van der Waals surface area contributed by atoms with Crippen LogP contribution in [0.2, 0.25) is 0 Å². The standard InChI is InChI=1S/C11H14N4O3/c16-10-8-9(14-11(17)15-10)13-7(12-8)4-3-6-2-1-5-18-6/h6H,1-5H2,(H3,12,13,14,15,16,17). The van der Waals surface area contributed by atoms with Crippen LogP contribution in [0.3, 0.4) is 0 Å². The lowest BCUT2D eigenvalue weighted by Crippen LogP contribution is -2.21. The fourth-order valence-corrected chi connectivity index (χ4v) is 2.27. The molecule has 0 amide bonds. The Morgan fingerprint density at radius 3 is 2.94 bits per heavy atom. The second-order valence-electron chi connectivity index (χ2n) is 4.49. The topological polar surface area (TPSA) is 104 Å². The zero-order valence-electron chi connectivity index (χ0n) is 9.78. The average Bonchev–Trinajstić information content (AvgIpc) is 2.93. The van der Waals surface area contributed by atoms with Gasteiger partial charge in [0.25, 0.3) is 5.56 Å². The van der Waals surface area contributed by atoms with Crippen LogP contribution >= 0.6 is 0 Å². The third kappa shape index (κ3) is 2.08. The molecule has 0 saturated carbocycles. The van der Waals surface area contributed by atoms with Gasteiger partial charge in [-0.15, -0.1) is 0 Å². The smallest absolute Gasteiger partial charge is 0.327 e. The molecule has 1 aliphatic rings. The van der Waals surface area contributed by atoms with Crippen LogP contribution in [0.4, 0.5) is 0 Å². The molecule has 0 bridgehead atoms. The molecule has 1 saturated heterocycles. The molecule has 1 fully saturated rings. The molecule has 0 radical (unpaired) electrons. The van der Waals surface area contributed by atoms with Crippen LogP contribution in [-0.2, 0) is 11.2 Å². The summed E-state index contributed by atoms with van der Waals surface area (Å²) in [6.45, 7) is 0.831. The van der Waals surface area contributed by atoms with E-state index in [9.17, 15) is 9.59 Å². The fraction of sp³-hybridized carbons (Fsp3) is 0.545. The Balaban J connectivity index is 1.82. The lowest BCUT2D eigenvalue weighted by atomic mass is 10.1. The van der Waals surface area contributed by atoms with E-state index in [1.54, 1.807) is 0 Å². The van der Waals surface area contributed by atoms with Crippen molar-refractivity contribution < 1.29 is 4.74 Å². The Labute approximate surface area is 102 Å². The van der Waals surface area contributed by atoms with Crippen LogP contribution in [-0.4, -0.2) is 32.6 Å². The summed E-state index contributed by atoms with van der Waals surface area (Å²) in [5.74, 6) is 0.702. The van der Waals surface area contributed by atoms with Crippen LogP contribution in [0.5, 0.6) is 0 Å². The van der Waals surface area contributed by atoms with Crippen LogP contribution in [0.15, 0.2) is 9.59 Å². The number of rotatable bonds is 3. The number of aryl methyl sites for hydroxylation is 1. The minimum Gasteiger partial charge on any atom is -0.378 e. The van der Waals surface area contributed by atoms with Gasteiger partial charge < -0.3 is 9.72 Å². The molecule has 1 unspecified atom stereocenters. The Kier molecular flexibility index (Phi) is 2.75. The van der Waals surface area contributed by atoms with E-state index < -0.39 is 11.2 Å². The Morgan fingerprint density at radius 2 is 2.17 bits per heavy atom. The van der Waals surface area contributed by atoms with Gasteiger partial charge in [-0.2, -0.15) is 0 Å². The highest BCUT2D eigenvalue weighted by Crippen LogP contribution is 2.17. The van der Waals surface area contributed by atoms with Gasteiger partial charge in [0.05, 0.1) is 6.10 Å². The Morgan fingerprint density at radius 1 is 1.28 bits per heavy atom. The van der Waals surface area contributed by atoms with E-state index in [1.807, 2.05) is 0 Å². The maximum atomic E-state index is 11.5. The second kappa shape index (κ2) is 4.41. The number of hydrogen-bond acceptors (Lipinski definition) is 4. The van der Waals surface area contributed by atoms with Crippen molar-refractivity contribution in [3.8, 4) is 0 Å².